The van der Waals surface area contributed by atoms with Crippen molar-refractivity contribution in [2.45, 2.75) is 6.92 Å². The zero-order valence-corrected chi connectivity index (χ0v) is 24.3. The van der Waals surface area contributed by atoms with Crippen LogP contribution in [0.4, 0.5) is 0 Å². The largest absolute Gasteiger partial charge is 0.296 e. The van der Waals surface area contributed by atoms with Crippen molar-refractivity contribution in [3.8, 4) is 39.3 Å². The van der Waals surface area contributed by atoms with Gasteiger partial charge in [-0.05, 0) is 54.4 Å². The van der Waals surface area contributed by atoms with E-state index >= 15 is 0 Å². The molecule has 0 bridgehead atoms. The standard InChI is InChI=1S/C38H28N3S/c1-25-28(19-13-23-39-25)38-40(2)32-20-10-11-21-33(32)41(38)36-30(26-14-5-3-6-15-26)24-31-29-18-9-12-22-34(29)42-37(31)35(36)27-16-7-4-8-17-27/h3-24H,1-2H3/q+1. The number of benzene rings is 5. The highest BCUT2D eigenvalue weighted by Gasteiger charge is 2.32. The van der Waals surface area contributed by atoms with Gasteiger partial charge >= 0.3 is 0 Å². The van der Waals surface area contributed by atoms with Gasteiger partial charge in [0.05, 0.1) is 18.3 Å². The molecule has 0 aliphatic carbocycles. The number of rotatable bonds is 4. The van der Waals surface area contributed by atoms with Crippen LogP contribution in [-0.2, 0) is 7.05 Å². The van der Waals surface area contributed by atoms with E-state index in [4.69, 9.17) is 4.98 Å². The monoisotopic (exact) mass is 558 g/mol. The molecule has 8 aromatic rings. The van der Waals surface area contributed by atoms with Gasteiger partial charge in [0.15, 0.2) is 16.7 Å². The first-order chi connectivity index (χ1) is 20.7. The molecule has 0 N–H and O–H groups in total. The molecule has 5 aromatic carbocycles. The predicted molar refractivity (Wildman–Crippen MR) is 176 cm³/mol. The van der Waals surface area contributed by atoms with Crippen molar-refractivity contribution in [3.63, 3.8) is 0 Å². The van der Waals surface area contributed by atoms with E-state index in [1.807, 2.05) is 23.6 Å². The Morgan fingerprint density at radius 1 is 0.667 bits per heavy atom. The summed E-state index contributed by atoms with van der Waals surface area (Å²) in [5.74, 6) is 1.11. The maximum absolute atomic E-state index is 4.72. The molecule has 0 aliphatic rings. The highest BCUT2D eigenvalue weighted by atomic mass is 32.1. The fourth-order valence-electron chi connectivity index (χ4n) is 6.36. The first-order valence-electron chi connectivity index (χ1n) is 14.2. The zero-order valence-electron chi connectivity index (χ0n) is 23.5. The van der Waals surface area contributed by atoms with Crippen molar-refractivity contribution in [3.05, 3.63) is 139 Å². The van der Waals surface area contributed by atoms with Gasteiger partial charge in [-0.1, -0.05) is 91.0 Å². The molecular weight excluding hydrogens is 531 g/mol. The quantitative estimate of drug-likeness (QED) is 0.197. The van der Waals surface area contributed by atoms with Crippen molar-refractivity contribution < 1.29 is 4.57 Å². The smallest absolute Gasteiger partial charge is 0.261 e. The maximum atomic E-state index is 4.72. The van der Waals surface area contributed by atoms with E-state index < -0.39 is 0 Å². The average Bonchev–Trinajstić information content (AvgIpc) is 3.56. The van der Waals surface area contributed by atoms with E-state index in [-0.39, 0.29) is 0 Å². The van der Waals surface area contributed by atoms with Gasteiger partial charge in [0.25, 0.3) is 5.82 Å². The highest BCUT2D eigenvalue weighted by Crippen LogP contribution is 2.48. The SMILES string of the molecule is Cc1ncccc1-c1n(-c2c(-c3ccccc3)cc3c(sc4ccccc43)c2-c2ccccc2)c2ccccc2[n+]1C. The lowest BCUT2D eigenvalue weighted by Gasteiger charge is -2.17. The Morgan fingerprint density at radius 2 is 1.36 bits per heavy atom. The van der Waals surface area contributed by atoms with Crippen LogP contribution in [0.1, 0.15) is 5.69 Å². The van der Waals surface area contributed by atoms with Crippen molar-refractivity contribution in [1.29, 1.82) is 0 Å². The van der Waals surface area contributed by atoms with E-state index in [0.29, 0.717) is 0 Å². The molecule has 0 aliphatic heterocycles. The molecule has 0 unspecified atom stereocenters. The van der Waals surface area contributed by atoms with E-state index in [0.717, 1.165) is 22.6 Å². The zero-order chi connectivity index (χ0) is 28.2. The summed E-state index contributed by atoms with van der Waals surface area (Å²) in [7, 11) is 2.17. The fourth-order valence-corrected chi connectivity index (χ4v) is 7.60. The molecule has 0 radical (unpaired) electrons. The van der Waals surface area contributed by atoms with Crippen molar-refractivity contribution >= 4 is 42.5 Å². The van der Waals surface area contributed by atoms with Crippen LogP contribution in [0.15, 0.2) is 134 Å². The molecule has 200 valence electrons. The Hall–Kier alpha value is -5.06. The Bertz CT molecular complexity index is 2260. The lowest BCUT2D eigenvalue weighted by molar-refractivity contribution is -0.633. The van der Waals surface area contributed by atoms with Crippen LogP contribution >= 0.6 is 11.3 Å². The number of thiophene rings is 1. The Morgan fingerprint density at radius 3 is 2.14 bits per heavy atom. The minimum absolute atomic E-state index is 1.00. The van der Waals surface area contributed by atoms with Crippen LogP contribution in [0.2, 0.25) is 0 Å². The van der Waals surface area contributed by atoms with E-state index in [2.05, 4.69) is 144 Å². The summed E-state index contributed by atoms with van der Waals surface area (Å²) in [6.45, 7) is 2.10. The summed E-state index contributed by atoms with van der Waals surface area (Å²) >= 11 is 1.88. The van der Waals surface area contributed by atoms with Gasteiger partial charge in [-0.3, -0.25) is 4.98 Å². The van der Waals surface area contributed by atoms with Gasteiger partial charge in [0.2, 0.25) is 0 Å². The Kier molecular flexibility index (Phi) is 5.76. The van der Waals surface area contributed by atoms with E-state index in [9.17, 15) is 0 Å². The Balaban J connectivity index is 1.65. The number of pyridine rings is 1. The number of aryl methyl sites for hydroxylation is 2. The lowest BCUT2D eigenvalue weighted by atomic mass is 9.92. The topological polar surface area (TPSA) is 21.7 Å². The number of para-hydroxylation sites is 2. The number of nitrogens with zero attached hydrogens (tertiary/aromatic N) is 3. The molecule has 0 saturated carbocycles. The van der Waals surface area contributed by atoms with Gasteiger partial charge in [-0.2, -0.15) is 4.57 Å². The predicted octanol–water partition coefficient (Wildman–Crippen LogP) is 9.53. The molecule has 3 nitrogen and oxygen atoms in total. The second kappa shape index (κ2) is 9.79. The molecule has 0 fully saturated rings. The third-order valence-corrected chi connectivity index (χ3v) is 9.48. The minimum Gasteiger partial charge on any atom is -0.261 e. The molecule has 3 heterocycles. The van der Waals surface area contributed by atoms with Gasteiger partial charge in [0.1, 0.15) is 0 Å². The molecule has 8 rings (SSSR count). The second-order valence-corrected chi connectivity index (χ2v) is 11.8. The van der Waals surface area contributed by atoms with Gasteiger partial charge in [-0.25, -0.2) is 4.57 Å². The summed E-state index contributed by atoms with van der Waals surface area (Å²) in [5.41, 5.74) is 10.5. The van der Waals surface area contributed by atoms with Crippen molar-refractivity contribution in [2.24, 2.45) is 7.05 Å². The molecule has 0 atom stereocenters. The van der Waals surface area contributed by atoms with Crippen molar-refractivity contribution in [2.75, 3.05) is 0 Å². The second-order valence-electron chi connectivity index (χ2n) is 10.7. The van der Waals surface area contributed by atoms with Gasteiger partial charge in [-0.15, -0.1) is 11.3 Å². The molecule has 42 heavy (non-hydrogen) atoms. The normalized spacial score (nSPS) is 11.6. The molecule has 3 aromatic heterocycles. The summed E-state index contributed by atoms with van der Waals surface area (Å²) < 4.78 is 7.39. The first-order valence-corrected chi connectivity index (χ1v) is 15.0. The maximum Gasteiger partial charge on any atom is 0.296 e. The highest BCUT2D eigenvalue weighted by molar-refractivity contribution is 7.26. The Labute approximate surface area is 248 Å². The lowest BCUT2D eigenvalue weighted by Crippen LogP contribution is -2.30. The number of imidazole rings is 1. The third-order valence-electron chi connectivity index (χ3n) is 8.27. The van der Waals surface area contributed by atoms with Gasteiger partial charge in [0, 0.05) is 37.5 Å². The molecule has 0 saturated heterocycles. The minimum atomic E-state index is 1.00. The van der Waals surface area contributed by atoms with Crippen LogP contribution in [0.5, 0.6) is 0 Å². The van der Waals surface area contributed by atoms with Gasteiger partial charge < -0.3 is 0 Å². The molecular formula is C38H28N3S+. The number of aromatic nitrogens is 3. The van der Waals surface area contributed by atoms with E-state index in [1.165, 1.54) is 53.6 Å². The average molecular weight is 559 g/mol. The van der Waals surface area contributed by atoms with Crippen LogP contribution in [0.3, 0.4) is 0 Å². The molecule has 0 amide bonds. The summed E-state index contributed by atoms with van der Waals surface area (Å²) in [4.78, 5) is 4.72. The molecule has 4 heteroatoms. The van der Waals surface area contributed by atoms with Crippen LogP contribution in [0, 0.1) is 6.92 Å². The van der Waals surface area contributed by atoms with Crippen LogP contribution < -0.4 is 4.57 Å². The van der Waals surface area contributed by atoms with Crippen LogP contribution in [0.25, 0.3) is 70.5 Å². The summed E-state index contributed by atoms with van der Waals surface area (Å²) in [5, 5.41) is 2.58. The summed E-state index contributed by atoms with van der Waals surface area (Å²) in [6.07, 6.45) is 1.87. The van der Waals surface area contributed by atoms with Crippen molar-refractivity contribution in [1.82, 2.24) is 9.55 Å². The van der Waals surface area contributed by atoms with E-state index in [1.54, 1.807) is 0 Å². The molecule has 0 spiro atoms. The fraction of sp³-hybridized carbons (Fsp3) is 0.0526. The first kappa shape index (κ1) is 24.7. The third kappa shape index (κ3) is 3.73. The number of hydrogen-bond donors (Lipinski definition) is 0. The summed E-state index contributed by atoms with van der Waals surface area (Å²) in [6, 6.07) is 45.9. The number of fused-ring (bicyclic) bond motifs is 4. The number of hydrogen-bond acceptors (Lipinski definition) is 2. The van der Waals surface area contributed by atoms with Crippen LogP contribution in [-0.4, -0.2) is 9.55 Å².